The average Bonchev–Trinajstić information content (AvgIpc) is 2.79. The number of hydrogen-bond donors (Lipinski definition) is 2. The number of H-pyrrole nitrogens is 1. The second-order valence-corrected chi connectivity index (χ2v) is 10.4. The first kappa shape index (κ1) is 22.2. The van der Waals surface area contributed by atoms with Gasteiger partial charge in [-0.25, -0.2) is 8.42 Å². The van der Waals surface area contributed by atoms with E-state index in [1.807, 2.05) is 37.3 Å². The van der Waals surface area contributed by atoms with E-state index < -0.39 is 21.5 Å². The van der Waals surface area contributed by atoms with E-state index in [9.17, 15) is 18.0 Å². The summed E-state index contributed by atoms with van der Waals surface area (Å²) in [7, 11) is -3.69. The van der Waals surface area contributed by atoms with Crippen molar-refractivity contribution in [2.45, 2.75) is 37.6 Å². The molecule has 1 unspecified atom stereocenters. The minimum absolute atomic E-state index is 0.122. The maximum atomic E-state index is 13.2. The van der Waals surface area contributed by atoms with E-state index in [1.54, 1.807) is 6.07 Å². The van der Waals surface area contributed by atoms with Crippen LogP contribution < -0.4 is 10.9 Å². The van der Waals surface area contributed by atoms with Gasteiger partial charge in [0, 0.05) is 30.1 Å². The molecule has 1 fully saturated rings. The molecule has 1 aromatic heterocycles. The van der Waals surface area contributed by atoms with Crippen LogP contribution in [0.1, 0.15) is 48.7 Å². The van der Waals surface area contributed by atoms with Crippen LogP contribution in [0.4, 0.5) is 0 Å². The summed E-state index contributed by atoms with van der Waals surface area (Å²) >= 11 is 0. The van der Waals surface area contributed by atoms with Crippen molar-refractivity contribution in [3.63, 3.8) is 0 Å². The second-order valence-electron chi connectivity index (χ2n) is 8.45. The lowest BCUT2D eigenvalue weighted by Crippen LogP contribution is -2.37. The van der Waals surface area contributed by atoms with E-state index in [4.69, 9.17) is 0 Å². The topological polar surface area (TPSA) is 99.3 Å². The van der Waals surface area contributed by atoms with Crippen LogP contribution in [0.5, 0.6) is 0 Å². The molecular formula is C24H27N3O4S. The Morgan fingerprint density at radius 2 is 1.78 bits per heavy atom. The Hall–Kier alpha value is -2.97. The number of fused-ring (bicyclic) bond motifs is 1. The number of benzene rings is 2. The molecule has 0 saturated carbocycles. The van der Waals surface area contributed by atoms with Gasteiger partial charge in [0.05, 0.1) is 16.5 Å². The Labute approximate surface area is 187 Å². The van der Waals surface area contributed by atoms with Gasteiger partial charge in [-0.1, -0.05) is 37.3 Å². The summed E-state index contributed by atoms with van der Waals surface area (Å²) in [5.41, 5.74) is 1.07. The molecule has 2 N–H and O–H groups in total. The summed E-state index contributed by atoms with van der Waals surface area (Å²) in [6.45, 7) is 4.94. The number of amides is 1. The predicted octanol–water partition coefficient (Wildman–Crippen LogP) is 3.44. The number of aromatic amines is 1. The van der Waals surface area contributed by atoms with Crippen LogP contribution in [0.25, 0.3) is 10.9 Å². The highest BCUT2D eigenvalue weighted by Crippen LogP contribution is 2.26. The van der Waals surface area contributed by atoms with Gasteiger partial charge < -0.3 is 10.3 Å². The Balaban J connectivity index is 1.70. The fourth-order valence-electron chi connectivity index (χ4n) is 4.05. The van der Waals surface area contributed by atoms with Crippen molar-refractivity contribution in [1.29, 1.82) is 0 Å². The van der Waals surface area contributed by atoms with Crippen molar-refractivity contribution in [3.05, 3.63) is 76.1 Å². The van der Waals surface area contributed by atoms with Crippen molar-refractivity contribution in [3.8, 4) is 0 Å². The smallest absolute Gasteiger partial charge is 0.252 e. The van der Waals surface area contributed by atoms with Gasteiger partial charge in [-0.05, 0) is 49.4 Å². The Bertz CT molecular complexity index is 1290. The summed E-state index contributed by atoms with van der Waals surface area (Å²) < 4.78 is 27.9. The van der Waals surface area contributed by atoms with Crippen LogP contribution in [0.15, 0.2) is 64.3 Å². The number of piperidine rings is 1. The molecular weight excluding hydrogens is 426 g/mol. The van der Waals surface area contributed by atoms with Gasteiger partial charge in [-0.15, -0.1) is 0 Å². The third kappa shape index (κ3) is 4.47. The van der Waals surface area contributed by atoms with Gasteiger partial charge in [0.2, 0.25) is 15.6 Å². The molecule has 3 aromatic rings. The number of pyridine rings is 1. The van der Waals surface area contributed by atoms with Gasteiger partial charge in [-0.3, -0.25) is 9.59 Å². The van der Waals surface area contributed by atoms with E-state index in [1.165, 1.54) is 22.5 Å². The molecule has 2 heterocycles. The van der Waals surface area contributed by atoms with Gasteiger partial charge in [0.1, 0.15) is 0 Å². The molecule has 168 valence electrons. The summed E-state index contributed by atoms with van der Waals surface area (Å²) in [5.74, 6) is 0.0730. The van der Waals surface area contributed by atoms with Crippen molar-refractivity contribution in [1.82, 2.24) is 14.6 Å². The molecule has 1 amide bonds. The number of rotatable bonds is 5. The SMILES string of the molecule is CC1CCN(S(=O)(=O)c2ccc3[nH]c(=O)cc(C(=O)NC(C)c4ccccc4)c3c2)CC1. The molecule has 0 bridgehead atoms. The summed E-state index contributed by atoms with van der Waals surface area (Å²) in [6, 6.07) is 14.9. The van der Waals surface area contributed by atoms with Gasteiger partial charge in [0.15, 0.2) is 0 Å². The number of nitrogens with one attached hydrogen (secondary N) is 2. The van der Waals surface area contributed by atoms with E-state index in [0.29, 0.717) is 29.9 Å². The Kier molecular flexibility index (Phi) is 6.17. The number of hydrogen-bond acceptors (Lipinski definition) is 4. The first-order valence-electron chi connectivity index (χ1n) is 10.8. The van der Waals surface area contributed by atoms with E-state index in [2.05, 4.69) is 17.2 Å². The lowest BCUT2D eigenvalue weighted by atomic mass is 10.0. The fraction of sp³-hybridized carbons (Fsp3) is 0.333. The number of carbonyl (C=O) groups is 1. The van der Waals surface area contributed by atoms with E-state index in [-0.39, 0.29) is 16.5 Å². The van der Waals surface area contributed by atoms with Crippen LogP contribution in [-0.4, -0.2) is 36.7 Å². The maximum Gasteiger partial charge on any atom is 0.252 e. The molecule has 2 aromatic carbocycles. The molecule has 4 rings (SSSR count). The zero-order valence-corrected chi connectivity index (χ0v) is 19.0. The largest absolute Gasteiger partial charge is 0.345 e. The van der Waals surface area contributed by atoms with Crippen LogP contribution in [0.2, 0.25) is 0 Å². The maximum absolute atomic E-state index is 13.2. The van der Waals surface area contributed by atoms with Gasteiger partial charge in [-0.2, -0.15) is 4.31 Å². The highest BCUT2D eigenvalue weighted by atomic mass is 32.2. The molecule has 1 aliphatic rings. The Morgan fingerprint density at radius 3 is 2.47 bits per heavy atom. The standard InChI is InChI=1S/C24H27N3O4S/c1-16-10-12-27(13-11-16)32(30,31)19-8-9-22-20(14-19)21(15-23(28)26-22)24(29)25-17(2)18-6-4-3-5-7-18/h3-9,14-17H,10-13H2,1-2H3,(H,25,29)(H,26,28). The molecule has 0 radical (unpaired) electrons. The van der Waals surface area contributed by atoms with Crippen LogP contribution in [0.3, 0.4) is 0 Å². The monoisotopic (exact) mass is 453 g/mol. The first-order chi connectivity index (χ1) is 15.3. The van der Waals surface area contributed by atoms with Crippen LogP contribution in [0, 0.1) is 5.92 Å². The van der Waals surface area contributed by atoms with Crippen LogP contribution >= 0.6 is 0 Å². The van der Waals surface area contributed by atoms with Crippen molar-refractivity contribution in [2.75, 3.05) is 13.1 Å². The Morgan fingerprint density at radius 1 is 1.09 bits per heavy atom. The minimum Gasteiger partial charge on any atom is -0.345 e. The number of sulfonamides is 1. The number of nitrogens with zero attached hydrogens (tertiary/aromatic N) is 1. The molecule has 8 heteroatoms. The van der Waals surface area contributed by atoms with E-state index >= 15 is 0 Å². The minimum atomic E-state index is -3.69. The molecule has 32 heavy (non-hydrogen) atoms. The van der Waals surface area contributed by atoms with Gasteiger partial charge >= 0.3 is 0 Å². The quantitative estimate of drug-likeness (QED) is 0.618. The normalized spacial score (nSPS) is 16.7. The van der Waals surface area contributed by atoms with Crippen molar-refractivity contribution in [2.24, 2.45) is 5.92 Å². The van der Waals surface area contributed by atoms with Crippen molar-refractivity contribution >= 4 is 26.8 Å². The average molecular weight is 454 g/mol. The summed E-state index contributed by atoms with van der Waals surface area (Å²) in [5, 5.41) is 3.30. The number of carbonyl (C=O) groups excluding carboxylic acids is 1. The van der Waals surface area contributed by atoms with Gasteiger partial charge in [0.25, 0.3) is 5.91 Å². The molecule has 1 atom stereocenters. The van der Waals surface area contributed by atoms with E-state index in [0.717, 1.165) is 18.4 Å². The molecule has 0 aliphatic carbocycles. The first-order valence-corrected chi connectivity index (χ1v) is 12.2. The highest BCUT2D eigenvalue weighted by molar-refractivity contribution is 7.89. The molecule has 0 spiro atoms. The number of aromatic nitrogens is 1. The summed E-state index contributed by atoms with van der Waals surface area (Å²) in [6.07, 6.45) is 1.65. The molecule has 7 nitrogen and oxygen atoms in total. The lowest BCUT2D eigenvalue weighted by Gasteiger charge is -2.29. The zero-order chi connectivity index (χ0) is 22.9. The highest BCUT2D eigenvalue weighted by Gasteiger charge is 2.28. The zero-order valence-electron chi connectivity index (χ0n) is 18.2. The molecule has 1 saturated heterocycles. The summed E-state index contributed by atoms with van der Waals surface area (Å²) in [4.78, 5) is 28.0. The predicted molar refractivity (Wildman–Crippen MR) is 124 cm³/mol. The third-order valence-electron chi connectivity index (χ3n) is 6.09. The van der Waals surface area contributed by atoms with Crippen molar-refractivity contribution < 1.29 is 13.2 Å². The third-order valence-corrected chi connectivity index (χ3v) is 7.98. The fourth-order valence-corrected chi connectivity index (χ4v) is 5.55. The lowest BCUT2D eigenvalue weighted by molar-refractivity contribution is 0.0941. The molecule has 1 aliphatic heterocycles. The van der Waals surface area contributed by atoms with Crippen LogP contribution in [-0.2, 0) is 10.0 Å². The second kappa shape index (κ2) is 8.88.